The monoisotopic (exact) mass is 256 g/mol. The maximum absolute atomic E-state index is 4.44. The van der Waals surface area contributed by atoms with Gasteiger partial charge in [0.25, 0.3) is 0 Å². The zero-order chi connectivity index (χ0) is 13.1. The van der Waals surface area contributed by atoms with E-state index in [0.717, 1.165) is 17.4 Å². The molecule has 1 aliphatic carbocycles. The van der Waals surface area contributed by atoms with E-state index in [0.29, 0.717) is 6.04 Å². The Balaban J connectivity index is 1.63. The average Bonchev–Trinajstić information content (AvgIpc) is 2.96. The standard InChI is InChI=1S/C15H20N4/c1-12-3-5-13(6-4-12)18-14-7-8-15(16-11-14)19-10-2-9-17-19/h2,7-13,18H,3-6H2,1H3. The molecule has 1 fully saturated rings. The minimum atomic E-state index is 0.605. The summed E-state index contributed by atoms with van der Waals surface area (Å²) in [6, 6.07) is 6.59. The quantitative estimate of drug-likeness (QED) is 0.916. The Bertz CT molecular complexity index is 495. The molecule has 0 amide bonds. The summed E-state index contributed by atoms with van der Waals surface area (Å²) in [6.45, 7) is 2.34. The Kier molecular flexibility index (Phi) is 3.49. The molecular formula is C15H20N4. The lowest BCUT2D eigenvalue weighted by atomic mass is 9.87. The van der Waals surface area contributed by atoms with Crippen molar-refractivity contribution in [1.29, 1.82) is 0 Å². The zero-order valence-corrected chi connectivity index (χ0v) is 11.3. The van der Waals surface area contributed by atoms with E-state index in [4.69, 9.17) is 0 Å². The molecule has 1 saturated carbocycles. The smallest absolute Gasteiger partial charge is 0.153 e. The Morgan fingerprint density at radius 3 is 2.68 bits per heavy atom. The van der Waals surface area contributed by atoms with Crippen LogP contribution < -0.4 is 5.32 Å². The Morgan fingerprint density at radius 2 is 2.05 bits per heavy atom. The van der Waals surface area contributed by atoms with Crippen molar-refractivity contribution in [2.75, 3.05) is 5.32 Å². The van der Waals surface area contributed by atoms with Gasteiger partial charge in [-0.25, -0.2) is 9.67 Å². The summed E-state index contributed by atoms with van der Waals surface area (Å²) in [6.07, 6.45) is 10.8. The van der Waals surface area contributed by atoms with Crippen LogP contribution in [0.5, 0.6) is 0 Å². The van der Waals surface area contributed by atoms with Gasteiger partial charge in [-0.05, 0) is 49.8 Å². The summed E-state index contributed by atoms with van der Waals surface area (Å²) in [4.78, 5) is 4.44. The number of hydrogen-bond acceptors (Lipinski definition) is 3. The van der Waals surface area contributed by atoms with Crippen molar-refractivity contribution in [2.45, 2.75) is 38.6 Å². The minimum Gasteiger partial charge on any atom is -0.381 e. The second-order valence-electron chi connectivity index (χ2n) is 5.46. The maximum Gasteiger partial charge on any atom is 0.153 e. The molecule has 0 atom stereocenters. The summed E-state index contributed by atoms with van der Waals surface area (Å²) in [5, 5.41) is 7.76. The van der Waals surface area contributed by atoms with E-state index in [-0.39, 0.29) is 0 Å². The molecule has 19 heavy (non-hydrogen) atoms. The van der Waals surface area contributed by atoms with Gasteiger partial charge in [0.2, 0.25) is 0 Å². The predicted octanol–water partition coefficient (Wildman–Crippen LogP) is 3.26. The normalized spacial score (nSPS) is 23.2. The molecule has 1 N–H and O–H groups in total. The van der Waals surface area contributed by atoms with Gasteiger partial charge in [0.15, 0.2) is 5.82 Å². The SMILES string of the molecule is CC1CCC(Nc2ccc(-n3cccn3)nc2)CC1. The second kappa shape index (κ2) is 5.43. The van der Waals surface area contributed by atoms with Crippen LogP contribution in [0.2, 0.25) is 0 Å². The van der Waals surface area contributed by atoms with E-state index in [2.05, 4.69) is 28.4 Å². The second-order valence-corrected chi connectivity index (χ2v) is 5.46. The van der Waals surface area contributed by atoms with Crippen LogP contribution >= 0.6 is 0 Å². The van der Waals surface area contributed by atoms with Crippen molar-refractivity contribution in [1.82, 2.24) is 14.8 Å². The molecule has 4 heteroatoms. The lowest BCUT2D eigenvalue weighted by Crippen LogP contribution is -2.25. The Morgan fingerprint density at radius 1 is 1.21 bits per heavy atom. The van der Waals surface area contributed by atoms with E-state index in [1.54, 1.807) is 10.9 Å². The molecule has 0 aromatic carbocycles. The van der Waals surface area contributed by atoms with Gasteiger partial charge in [-0.3, -0.25) is 0 Å². The summed E-state index contributed by atoms with van der Waals surface area (Å²) in [5.74, 6) is 1.74. The molecular weight excluding hydrogens is 236 g/mol. The molecule has 1 aliphatic rings. The van der Waals surface area contributed by atoms with Crippen molar-refractivity contribution < 1.29 is 0 Å². The van der Waals surface area contributed by atoms with Crippen molar-refractivity contribution in [2.24, 2.45) is 5.92 Å². The van der Waals surface area contributed by atoms with E-state index in [1.165, 1.54) is 25.7 Å². The van der Waals surface area contributed by atoms with Crippen molar-refractivity contribution in [3.8, 4) is 5.82 Å². The first-order valence-electron chi connectivity index (χ1n) is 7.04. The summed E-state index contributed by atoms with van der Waals surface area (Å²) < 4.78 is 1.77. The summed E-state index contributed by atoms with van der Waals surface area (Å²) in [5.41, 5.74) is 1.11. The van der Waals surface area contributed by atoms with Crippen LogP contribution in [-0.4, -0.2) is 20.8 Å². The summed E-state index contributed by atoms with van der Waals surface area (Å²) in [7, 11) is 0. The summed E-state index contributed by atoms with van der Waals surface area (Å²) >= 11 is 0. The van der Waals surface area contributed by atoms with Crippen LogP contribution in [0.1, 0.15) is 32.6 Å². The number of rotatable bonds is 3. The molecule has 0 saturated heterocycles. The first-order valence-corrected chi connectivity index (χ1v) is 7.04. The van der Waals surface area contributed by atoms with E-state index >= 15 is 0 Å². The average molecular weight is 256 g/mol. The van der Waals surface area contributed by atoms with Gasteiger partial charge in [0.1, 0.15) is 0 Å². The highest BCUT2D eigenvalue weighted by Crippen LogP contribution is 2.25. The molecule has 2 aromatic rings. The lowest BCUT2D eigenvalue weighted by Gasteiger charge is -2.27. The third-order valence-electron chi connectivity index (χ3n) is 3.87. The van der Waals surface area contributed by atoms with Gasteiger partial charge < -0.3 is 5.32 Å². The molecule has 4 nitrogen and oxygen atoms in total. The molecule has 100 valence electrons. The zero-order valence-electron chi connectivity index (χ0n) is 11.3. The molecule has 0 radical (unpaired) electrons. The molecule has 0 unspecified atom stereocenters. The third kappa shape index (κ3) is 2.95. The molecule has 2 aromatic heterocycles. The maximum atomic E-state index is 4.44. The minimum absolute atomic E-state index is 0.605. The largest absolute Gasteiger partial charge is 0.381 e. The number of nitrogens with zero attached hydrogens (tertiary/aromatic N) is 3. The Labute approximate surface area is 113 Å². The van der Waals surface area contributed by atoms with Crippen molar-refractivity contribution in [3.05, 3.63) is 36.8 Å². The van der Waals surface area contributed by atoms with Gasteiger partial charge >= 0.3 is 0 Å². The van der Waals surface area contributed by atoms with Crippen LogP contribution in [-0.2, 0) is 0 Å². The first-order chi connectivity index (χ1) is 9.31. The Hall–Kier alpha value is -1.84. The topological polar surface area (TPSA) is 42.7 Å². The van der Waals surface area contributed by atoms with Gasteiger partial charge in [-0.2, -0.15) is 5.10 Å². The fraction of sp³-hybridized carbons (Fsp3) is 0.467. The van der Waals surface area contributed by atoms with Crippen LogP contribution in [0.3, 0.4) is 0 Å². The highest BCUT2D eigenvalue weighted by Gasteiger charge is 2.17. The molecule has 0 bridgehead atoms. The van der Waals surface area contributed by atoms with Gasteiger partial charge in [0, 0.05) is 18.4 Å². The fourth-order valence-electron chi connectivity index (χ4n) is 2.65. The van der Waals surface area contributed by atoms with E-state index in [1.807, 2.05) is 24.5 Å². The molecule has 3 rings (SSSR count). The van der Waals surface area contributed by atoms with Crippen LogP contribution in [0.15, 0.2) is 36.8 Å². The molecule has 2 heterocycles. The number of nitrogens with one attached hydrogen (secondary N) is 1. The third-order valence-corrected chi connectivity index (χ3v) is 3.87. The number of pyridine rings is 1. The predicted molar refractivity (Wildman–Crippen MR) is 76.4 cm³/mol. The number of hydrogen-bond donors (Lipinski definition) is 1. The highest BCUT2D eigenvalue weighted by molar-refractivity contribution is 5.44. The van der Waals surface area contributed by atoms with Gasteiger partial charge in [-0.15, -0.1) is 0 Å². The van der Waals surface area contributed by atoms with Crippen LogP contribution in [0.25, 0.3) is 5.82 Å². The molecule has 0 spiro atoms. The van der Waals surface area contributed by atoms with Crippen molar-refractivity contribution in [3.63, 3.8) is 0 Å². The van der Waals surface area contributed by atoms with Crippen molar-refractivity contribution >= 4 is 5.69 Å². The van der Waals surface area contributed by atoms with E-state index in [9.17, 15) is 0 Å². The first kappa shape index (κ1) is 12.2. The molecule has 0 aliphatic heterocycles. The lowest BCUT2D eigenvalue weighted by molar-refractivity contribution is 0.361. The van der Waals surface area contributed by atoms with Crippen LogP contribution in [0, 0.1) is 5.92 Å². The number of anilines is 1. The fourth-order valence-corrected chi connectivity index (χ4v) is 2.65. The number of aromatic nitrogens is 3. The highest BCUT2D eigenvalue weighted by atomic mass is 15.3. The van der Waals surface area contributed by atoms with E-state index < -0.39 is 0 Å². The van der Waals surface area contributed by atoms with Crippen LogP contribution in [0.4, 0.5) is 5.69 Å². The van der Waals surface area contributed by atoms with Gasteiger partial charge in [0.05, 0.1) is 11.9 Å². The van der Waals surface area contributed by atoms with Gasteiger partial charge in [-0.1, -0.05) is 6.92 Å².